The summed E-state index contributed by atoms with van der Waals surface area (Å²) in [4.78, 5) is 61.9. The number of carbonyl (C=O) groups excluding carboxylic acids is 1. The zero-order valence-corrected chi connectivity index (χ0v) is 39.1. The number of hydrogen-bond donors (Lipinski definition) is 4. The Balaban J connectivity index is 0.000000347. The van der Waals surface area contributed by atoms with Gasteiger partial charge in [0, 0.05) is 56.4 Å². The van der Waals surface area contributed by atoms with Gasteiger partial charge in [-0.3, -0.25) is 42.6 Å². The molecular weight excluding hydrogens is 858 g/mol. The molecule has 2 fully saturated rings. The van der Waals surface area contributed by atoms with Gasteiger partial charge in [0.05, 0.1) is 31.5 Å². The molecule has 4 heterocycles. The van der Waals surface area contributed by atoms with Crippen LogP contribution in [0.15, 0.2) is 74.0 Å². The van der Waals surface area contributed by atoms with Crippen molar-refractivity contribution in [2.75, 3.05) is 33.2 Å². The Morgan fingerprint density at radius 2 is 1.27 bits per heavy atom. The Bertz CT molecular complexity index is 2230. The van der Waals surface area contributed by atoms with Gasteiger partial charge in [-0.2, -0.15) is 0 Å². The fraction of sp³-hybridized carbons (Fsp3) is 0.625. The highest BCUT2D eigenvalue weighted by Gasteiger charge is 2.54. The van der Waals surface area contributed by atoms with Gasteiger partial charge in [-0.05, 0) is 46.8 Å². The lowest BCUT2D eigenvalue weighted by molar-refractivity contribution is -0.149. The normalized spacial score (nSPS) is 27.0. The maximum absolute atomic E-state index is 15.4. The zero-order chi connectivity index (χ0) is 47.4. The average molecular weight is 922 g/mol. The van der Waals surface area contributed by atoms with Crippen LogP contribution in [0.1, 0.15) is 81.2 Å². The molecule has 5 rings (SSSR count). The Labute approximate surface area is 359 Å². The summed E-state index contributed by atoms with van der Waals surface area (Å²) in [5.41, 5.74) is -6.47. The van der Waals surface area contributed by atoms with E-state index < -0.39 is 97.2 Å². The maximum Gasteiger partial charge on any atom is 0.330 e. The molecule has 0 spiro atoms. The number of benzene rings is 1. The van der Waals surface area contributed by atoms with Gasteiger partial charge in [-0.15, -0.1) is 0 Å². The topological polar surface area (TPSA) is 239 Å². The molecule has 2 saturated heterocycles. The van der Waals surface area contributed by atoms with E-state index in [0.717, 1.165) is 27.5 Å². The predicted molar refractivity (Wildman–Crippen MR) is 231 cm³/mol. The van der Waals surface area contributed by atoms with E-state index in [0.29, 0.717) is 5.75 Å². The molecule has 18 nitrogen and oxygen atoms in total. The van der Waals surface area contributed by atoms with E-state index in [-0.39, 0.29) is 19.3 Å². The third-order valence-electron chi connectivity index (χ3n) is 9.54. The third-order valence-corrected chi connectivity index (χ3v) is 11.7. The Hall–Kier alpha value is -4.03. The number of halogens is 2. The first-order valence-electron chi connectivity index (χ1n) is 20.0. The minimum atomic E-state index is -3.44. The molecule has 62 heavy (non-hydrogen) atoms. The molecule has 2 aromatic heterocycles. The summed E-state index contributed by atoms with van der Waals surface area (Å²) in [5, 5.41) is 11.7. The van der Waals surface area contributed by atoms with E-state index in [1.807, 2.05) is 23.2 Å². The van der Waals surface area contributed by atoms with Gasteiger partial charge in [0.2, 0.25) is 7.37 Å². The summed E-state index contributed by atoms with van der Waals surface area (Å²) >= 11 is 0. The van der Waals surface area contributed by atoms with Crippen LogP contribution < -0.4 is 32.1 Å². The van der Waals surface area contributed by atoms with E-state index in [9.17, 15) is 37.5 Å². The number of aliphatic hydroxyl groups excluding tert-OH is 1. The SMILES string of the molecule is CC(C)OC(=O)[C@H](C)N[P@@](C)(=O)OC[C@H]1O[C@@H](n2ccc(=O)[nH]c2=O)[C@](C)(F)[C@@H]1C.CCC.CP(C)(=O)Oc1ccccc1.C[C@@H]1[C@@H](CO)O[C@@H](n2ccc(=O)[nH]c2=O)[C@]1(C)F. The predicted octanol–water partition coefficient (Wildman–Crippen LogP) is 5.38. The number of para-hydroxylation sites is 1. The van der Waals surface area contributed by atoms with Gasteiger partial charge in [-0.1, -0.05) is 52.3 Å². The fourth-order valence-corrected chi connectivity index (χ4v) is 7.96. The van der Waals surface area contributed by atoms with Crippen molar-refractivity contribution < 1.29 is 51.1 Å². The summed E-state index contributed by atoms with van der Waals surface area (Å²) < 4.78 is 82.5. The first-order chi connectivity index (χ1) is 28.6. The quantitative estimate of drug-likeness (QED) is 0.132. The number of ether oxygens (including phenoxy) is 3. The highest BCUT2D eigenvalue weighted by molar-refractivity contribution is 7.57. The molecule has 0 saturated carbocycles. The molecule has 4 N–H and O–H groups in total. The first-order valence-corrected chi connectivity index (χ1v) is 24.6. The van der Waals surface area contributed by atoms with Crippen LogP contribution in [0.3, 0.4) is 0 Å². The van der Waals surface area contributed by atoms with Crippen LogP contribution in [0.4, 0.5) is 8.78 Å². The number of hydrogen-bond acceptors (Lipinski definition) is 13. The molecule has 350 valence electrons. The van der Waals surface area contributed by atoms with Crippen molar-refractivity contribution in [1.82, 2.24) is 24.2 Å². The molecule has 3 aromatic rings. The molecule has 1 aromatic carbocycles. The molecular formula is C40H63F2N5O13P2. The number of rotatable bonds is 12. The molecule has 0 radical (unpaired) electrons. The second-order valence-electron chi connectivity index (χ2n) is 16.0. The van der Waals surface area contributed by atoms with Crippen LogP contribution in [-0.2, 0) is 32.7 Å². The van der Waals surface area contributed by atoms with Gasteiger partial charge in [0.15, 0.2) is 23.8 Å². The number of alkyl halides is 2. The van der Waals surface area contributed by atoms with Crippen LogP contribution in [0.2, 0.25) is 0 Å². The van der Waals surface area contributed by atoms with Gasteiger partial charge in [-0.25, -0.2) is 23.5 Å². The molecule has 0 unspecified atom stereocenters. The number of carbonyl (C=O) groups is 1. The standard InChI is InChI=1S/C18H29FN3O7P.C11H15FN2O4.C8H11O2P.C3H8/c1-10(2)28-15(24)12(4)21-30(6,26)27-9-13-11(3)18(5,19)16(29-13)22-8-7-14(23)20-17(22)25;1-6-7(5-15)18-9(11(6,2)12)14-4-3-8(16)13-10(14)17;1-11(2,9)10-8-6-4-3-5-7-8;1-3-2/h7-8,10-13,16H,9H2,1-6H3,(H,21,26)(H,20,23,25);3-4,6-7,9,15H,5H2,1-2H3,(H,13,16,17);3-7H,1-2H3;3H2,1-2H3/t11-,12+,13-,16-,18-,30+;6-,7-,9-,11-;;/m11../s1. The number of aromatic amines is 2. The molecule has 2 aliphatic heterocycles. The third kappa shape index (κ3) is 15.6. The Morgan fingerprint density at radius 1 is 0.839 bits per heavy atom. The van der Waals surface area contributed by atoms with Crippen molar-refractivity contribution >= 4 is 20.9 Å². The van der Waals surface area contributed by atoms with E-state index >= 15 is 4.39 Å². The van der Waals surface area contributed by atoms with Crippen LogP contribution in [0.25, 0.3) is 0 Å². The summed E-state index contributed by atoms with van der Waals surface area (Å²) in [5.74, 6) is -1.19. The van der Waals surface area contributed by atoms with Crippen molar-refractivity contribution in [2.24, 2.45) is 11.8 Å². The van der Waals surface area contributed by atoms with E-state index in [4.69, 9.17) is 28.4 Å². The lowest BCUT2D eigenvalue weighted by atomic mass is 9.90. The van der Waals surface area contributed by atoms with Crippen LogP contribution in [-0.4, -0.2) is 99.1 Å². The van der Waals surface area contributed by atoms with Crippen molar-refractivity contribution in [3.63, 3.8) is 0 Å². The summed E-state index contributed by atoms with van der Waals surface area (Å²) in [6.45, 7) is 18.9. The van der Waals surface area contributed by atoms with Gasteiger partial charge < -0.3 is 28.4 Å². The molecule has 2 aliphatic rings. The van der Waals surface area contributed by atoms with Crippen molar-refractivity contribution in [3.8, 4) is 5.75 Å². The van der Waals surface area contributed by atoms with Crippen molar-refractivity contribution in [1.29, 1.82) is 0 Å². The Kier molecular flexibility index (Phi) is 20.1. The number of esters is 1. The second-order valence-corrected chi connectivity index (χ2v) is 20.9. The first kappa shape index (κ1) is 54.1. The van der Waals surface area contributed by atoms with Gasteiger partial charge >= 0.3 is 17.3 Å². The molecule has 10 atom stereocenters. The van der Waals surface area contributed by atoms with Crippen LogP contribution in [0.5, 0.6) is 5.75 Å². The van der Waals surface area contributed by atoms with E-state index in [1.165, 1.54) is 40.1 Å². The molecule has 0 amide bonds. The number of H-pyrrole nitrogens is 2. The summed E-state index contributed by atoms with van der Waals surface area (Å²) in [6.07, 6.45) is -0.671. The number of aromatic nitrogens is 4. The largest absolute Gasteiger partial charge is 0.462 e. The lowest BCUT2D eigenvalue weighted by Crippen LogP contribution is -2.40. The van der Waals surface area contributed by atoms with Crippen LogP contribution in [0, 0.1) is 11.8 Å². The number of aliphatic hydroxyl groups is 1. The zero-order valence-electron chi connectivity index (χ0n) is 37.3. The van der Waals surface area contributed by atoms with Crippen LogP contribution >= 0.6 is 14.9 Å². The van der Waals surface area contributed by atoms with E-state index in [2.05, 4.69) is 23.9 Å². The number of nitrogens with zero attached hydrogens (tertiary/aromatic N) is 2. The maximum atomic E-state index is 15.4. The second kappa shape index (κ2) is 23.1. The average Bonchev–Trinajstić information content (AvgIpc) is 3.52. The smallest absolute Gasteiger partial charge is 0.330 e. The fourth-order valence-electron chi connectivity index (χ4n) is 6.02. The molecule has 0 aliphatic carbocycles. The van der Waals surface area contributed by atoms with Crippen molar-refractivity contribution in [3.05, 3.63) is 96.5 Å². The molecule has 0 bridgehead atoms. The van der Waals surface area contributed by atoms with Gasteiger partial charge in [0.25, 0.3) is 18.6 Å². The lowest BCUT2D eigenvalue weighted by Gasteiger charge is -2.25. The van der Waals surface area contributed by atoms with Crippen molar-refractivity contribution in [2.45, 2.75) is 117 Å². The number of nitrogens with one attached hydrogen (secondary N) is 3. The summed E-state index contributed by atoms with van der Waals surface area (Å²) in [6, 6.07) is 10.5. The van der Waals surface area contributed by atoms with Gasteiger partial charge in [0.1, 0.15) is 11.8 Å². The Morgan fingerprint density at radius 3 is 1.66 bits per heavy atom. The molecule has 22 heteroatoms. The monoisotopic (exact) mass is 921 g/mol. The van der Waals surface area contributed by atoms with E-state index in [1.54, 1.807) is 53.2 Å². The minimum absolute atomic E-state index is 0.234. The highest BCUT2D eigenvalue weighted by Crippen LogP contribution is 2.47. The summed E-state index contributed by atoms with van der Waals surface area (Å²) in [7, 11) is -5.83. The minimum Gasteiger partial charge on any atom is -0.462 e. The highest BCUT2D eigenvalue weighted by atomic mass is 31.2.